The molecule has 1 aromatic heterocycles. The topological polar surface area (TPSA) is 61.4 Å². The van der Waals surface area contributed by atoms with Crippen LogP contribution in [0.4, 0.5) is 11.6 Å². The zero-order valence-corrected chi connectivity index (χ0v) is 14.6. The fourth-order valence-electron chi connectivity index (χ4n) is 3.77. The Kier molecular flexibility index (Phi) is 5.36. The number of piperidine rings is 1. The summed E-state index contributed by atoms with van der Waals surface area (Å²) in [5.74, 6) is 0.775. The van der Waals surface area contributed by atoms with E-state index < -0.39 is 0 Å². The van der Waals surface area contributed by atoms with Gasteiger partial charge in [0.15, 0.2) is 0 Å². The number of hydrogen-bond acceptors (Lipinski definition) is 5. The van der Waals surface area contributed by atoms with Crippen LogP contribution in [0.5, 0.6) is 0 Å². The number of nitrogens with one attached hydrogen (secondary N) is 1. The predicted molar refractivity (Wildman–Crippen MR) is 96.7 cm³/mol. The molecule has 0 unspecified atom stereocenters. The highest BCUT2D eigenvalue weighted by molar-refractivity contribution is 6.03. The zero-order chi connectivity index (χ0) is 15.6. The SMILES string of the molecule is Cl.O=C(Nc1cnc(N2CCN3CCC2CC3)nc1)C1=CCCC1. The molecule has 1 N–H and O–H groups in total. The molecule has 1 aliphatic carbocycles. The Morgan fingerprint density at radius 2 is 1.88 bits per heavy atom. The third-order valence-electron chi connectivity index (χ3n) is 5.14. The van der Waals surface area contributed by atoms with Gasteiger partial charge < -0.3 is 15.1 Å². The Labute approximate surface area is 148 Å². The van der Waals surface area contributed by atoms with Crippen molar-refractivity contribution < 1.29 is 4.79 Å². The van der Waals surface area contributed by atoms with Gasteiger partial charge in [-0.3, -0.25) is 4.79 Å². The van der Waals surface area contributed by atoms with Gasteiger partial charge in [0.1, 0.15) is 0 Å². The summed E-state index contributed by atoms with van der Waals surface area (Å²) in [5, 5.41) is 2.90. The molecule has 0 radical (unpaired) electrons. The summed E-state index contributed by atoms with van der Waals surface area (Å²) in [6.45, 7) is 4.45. The summed E-state index contributed by atoms with van der Waals surface area (Å²) < 4.78 is 0. The fourth-order valence-corrected chi connectivity index (χ4v) is 3.77. The summed E-state index contributed by atoms with van der Waals surface area (Å²) in [6.07, 6.45) is 10.8. The van der Waals surface area contributed by atoms with Crippen LogP contribution in [0.25, 0.3) is 0 Å². The fraction of sp³-hybridized carbons (Fsp3) is 0.588. The van der Waals surface area contributed by atoms with Crippen molar-refractivity contribution in [3.05, 3.63) is 24.0 Å². The number of amides is 1. The molecule has 2 bridgehead atoms. The highest BCUT2D eigenvalue weighted by Crippen LogP contribution is 2.25. The van der Waals surface area contributed by atoms with Gasteiger partial charge in [-0.25, -0.2) is 9.97 Å². The molecule has 0 spiro atoms. The summed E-state index contributed by atoms with van der Waals surface area (Å²) in [5.41, 5.74) is 1.56. The van der Waals surface area contributed by atoms with Crippen LogP contribution in [0, 0.1) is 0 Å². The lowest BCUT2D eigenvalue weighted by atomic mass is 10.1. The number of allylic oxidation sites excluding steroid dienone is 1. The van der Waals surface area contributed by atoms with Gasteiger partial charge in [0, 0.05) is 37.8 Å². The van der Waals surface area contributed by atoms with Crippen LogP contribution in [-0.2, 0) is 4.79 Å². The number of rotatable bonds is 3. The van der Waals surface area contributed by atoms with E-state index in [9.17, 15) is 4.79 Å². The Morgan fingerprint density at radius 1 is 1.12 bits per heavy atom. The van der Waals surface area contributed by atoms with Crippen molar-refractivity contribution in [1.82, 2.24) is 14.9 Å². The summed E-state index contributed by atoms with van der Waals surface area (Å²) in [7, 11) is 0. The Hall–Kier alpha value is -1.66. The number of carbonyl (C=O) groups is 1. The number of fused-ring (bicyclic) bond motifs is 4. The van der Waals surface area contributed by atoms with E-state index in [4.69, 9.17) is 0 Å². The minimum atomic E-state index is -0.0138. The third kappa shape index (κ3) is 3.54. The summed E-state index contributed by atoms with van der Waals surface area (Å²) in [6, 6.07) is 0.554. The minimum absolute atomic E-state index is 0. The molecular weight excluding hydrogens is 326 g/mol. The van der Waals surface area contributed by atoms with E-state index in [0.29, 0.717) is 11.7 Å². The van der Waals surface area contributed by atoms with Crippen molar-refractivity contribution in [3.63, 3.8) is 0 Å². The molecule has 130 valence electrons. The molecule has 0 aromatic carbocycles. The maximum Gasteiger partial charge on any atom is 0.251 e. The van der Waals surface area contributed by atoms with E-state index in [1.807, 2.05) is 6.08 Å². The Bertz CT molecular complexity index is 610. The molecule has 0 saturated carbocycles. The maximum atomic E-state index is 12.1. The van der Waals surface area contributed by atoms with Gasteiger partial charge in [-0.1, -0.05) is 6.08 Å². The zero-order valence-electron chi connectivity index (χ0n) is 13.8. The number of aromatic nitrogens is 2. The first-order valence-electron chi connectivity index (χ1n) is 8.61. The van der Waals surface area contributed by atoms with Crippen molar-refractivity contribution in [2.24, 2.45) is 0 Å². The first-order chi connectivity index (χ1) is 11.3. The van der Waals surface area contributed by atoms with Crippen molar-refractivity contribution in [2.75, 3.05) is 36.4 Å². The first kappa shape index (κ1) is 17.2. The summed E-state index contributed by atoms with van der Waals surface area (Å²) >= 11 is 0. The van der Waals surface area contributed by atoms with Crippen LogP contribution in [0.2, 0.25) is 0 Å². The molecule has 3 aliphatic heterocycles. The van der Waals surface area contributed by atoms with Crippen molar-refractivity contribution >= 4 is 29.9 Å². The number of halogens is 1. The number of carbonyl (C=O) groups excluding carboxylic acids is 1. The molecule has 4 heterocycles. The lowest BCUT2D eigenvalue weighted by Crippen LogP contribution is -2.38. The van der Waals surface area contributed by atoms with Crippen LogP contribution in [0.3, 0.4) is 0 Å². The van der Waals surface area contributed by atoms with Gasteiger partial charge in [-0.05, 0) is 32.1 Å². The molecular formula is C17H24ClN5O. The molecule has 3 saturated heterocycles. The van der Waals surface area contributed by atoms with Crippen LogP contribution >= 0.6 is 12.4 Å². The van der Waals surface area contributed by atoms with Gasteiger partial charge >= 0.3 is 0 Å². The molecule has 5 rings (SSSR count). The molecule has 24 heavy (non-hydrogen) atoms. The second-order valence-electron chi connectivity index (χ2n) is 6.61. The third-order valence-corrected chi connectivity index (χ3v) is 5.14. The molecule has 4 aliphatic rings. The minimum Gasteiger partial charge on any atom is -0.336 e. The van der Waals surface area contributed by atoms with E-state index in [2.05, 4.69) is 25.1 Å². The predicted octanol–water partition coefficient (Wildman–Crippen LogP) is 2.23. The molecule has 6 nitrogen and oxygen atoms in total. The van der Waals surface area contributed by atoms with Crippen LogP contribution in [-0.4, -0.2) is 53.0 Å². The highest BCUT2D eigenvalue weighted by Gasteiger charge is 2.30. The molecule has 3 fully saturated rings. The maximum absolute atomic E-state index is 12.1. The lowest BCUT2D eigenvalue weighted by Gasteiger charge is -2.31. The van der Waals surface area contributed by atoms with E-state index >= 15 is 0 Å². The molecule has 0 atom stereocenters. The number of hydrogen-bond donors (Lipinski definition) is 1. The average molecular weight is 350 g/mol. The van der Waals surface area contributed by atoms with E-state index in [-0.39, 0.29) is 18.3 Å². The highest BCUT2D eigenvalue weighted by atomic mass is 35.5. The molecule has 1 aromatic rings. The number of anilines is 2. The van der Waals surface area contributed by atoms with Crippen LogP contribution in [0.15, 0.2) is 24.0 Å². The monoisotopic (exact) mass is 349 g/mol. The van der Waals surface area contributed by atoms with Crippen molar-refractivity contribution in [1.29, 1.82) is 0 Å². The standard InChI is InChI=1S/C17H23N5O.ClH/c23-16(13-3-1-2-4-13)20-14-11-18-17(19-12-14)22-10-9-21-7-5-15(22)6-8-21;/h3,11-12,15H,1-2,4-10H2,(H,20,23);1H. The Balaban J connectivity index is 0.00000169. The summed E-state index contributed by atoms with van der Waals surface area (Å²) in [4.78, 5) is 26.0. The lowest BCUT2D eigenvalue weighted by molar-refractivity contribution is -0.112. The smallest absolute Gasteiger partial charge is 0.251 e. The second kappa shape index (κ2) is 7.49. The van der Waals surface area contributed by atoms with Crippen LogP contribution in [0.1, 0.15) is 32.1 Å². The van der Waals surface area contributed by atoms with Gasteiger partial charge in [0.2, 0.25) is 5.95 Å². The number of nitrogens with zero attached hydrogens (tertiary/aromatic N) is 4. The van der Waals surface area contributed by atoms with Gasteiger partial charge in [-0.15, -0.1) is 12.4 Å². The van der Waals surface area contributed by atoms with Crippen molar-refractivity contribution in [2.45, 2.75) is 38.1 Å². The average Bonchev–Trinajstić information content (AvgIpc) is 2.97. The molecule has 7 heteroatoms. The van der Waals surface area contributed by atoms with Crippen molar-refractivity contribution in [3.8, 4) is 0 Å². The normalized spacial score (nSPS) is 25.7. The van der Waals surface area contributed by atoms with Gasteiger partial charge in [0.25, 0.3) is 5.91 Å². The van der Waals surface area contributed by atoms with Crippen LogP contribution < -0.4 is 10.2 Å². The van der Waals surface area contributed by atoms with Gasteiger partial charge in [0.05, 0.1) is 18.1 Å². The quantitative estimate of drug-likeness (QED) is 0.906. The van der Waals surface area contributed by atoms with E-state index in [1.165, 1.54) is 25.9 Å². The van der Waals surface area contributed by atoms with Gasteiger partial charge in [-0.2, -0.15) is 0 Å². The first-order valence-corrected chi connectivity index (χ1v) is 8.61. The second-order valence-corrected chi connectivity index (χ2v) is 6.61. The van der Waals surface area contributed by atoms with E-state index in [0.717, 1.165) is 43.9 Å². The molecule has 1 amide bonds. The largest absolute Gasteiger partial charge is 0.336 e. The van der Waals surface area contributed by atoms with E-state index in [1.54, 1.807) is 12.4 Å². The Morgan fingerprint density at radius 3 is 2.54 bits per heavy atom.